The molecule has 11 heteroatoms. The van der Waals surface area contributed by atoms with Gasteiger partial charge in [-0.05, 0) is 55.5 Å². The fourth-order valence-electron chi connectivity index (χ4n) is 6.00. The van der Waals surface area contributed by atoms with Crippen molar-refractivity contribution in [1.82, 2.24) is 15.0 Å². The summed E-state index contributed by atoms with van der Waals surface area (Å²) in [7, 11) is -1.41. The maximum absolute atomic E-state index is 13.7. The second-order valence-electron chi connectivity index (χ2n) is 12.8. The number of hydroxylamine groups is 1. The summed E-state index contributed by atoms with van der Waals surface area (Å²) in [6, 6.07) is 8.75. The smallest absolute Gasteiger partial charge is 0.343 e. The third-order valence-electron chi connectivity index (χ3n) is 8.59. The van der Waals surface area contributed by atoms with Crippen LogP contribution in [0.15, 0.2) is 29.1 Å². The first-order chi connectivity index (χ1) is 20.5. The molecule has 3 N–H and O–H groups in total. The maximum Gasteiger partial charge on any atom is 0.343 e. The van der Waals surface area contributed by atoms with E-state index < -0.39 is 19.6 Å². The number of ether oxygens (including phenoxy) is 2. The summed E-state index contributed by atoms with van der Waals surface area (Å²) in [6.45, 7) is 9.51. The fourth-order valence-corrected chi connectivity index (χ4v) is 7.00. The molecule has 2 aromatic heterocycles. The Morgan fingerprint density at radius 1 is 1.14 bits per heavy atom. The topological polar surface area (TPSA) is 140 Å². The summed E-state index contributed by atoms with van der Waals surface area (Å²) in [5, 5.41) is 20.8. The molecular formula is C32H41N3O7Si. The second kappa shape index (κ2) is 12.2. The van der Waals surface area contributed by atoms with E-state index in [1.165, 1.54) is 0 Å². The Balaban J connectivity index is 1.47. The number of nitrogens with one attached hydrogen (secondary N) is 1. The first kappa shape index (κ1) is 30.9. The summed E-state index contributed by atoms with van der Waals surface area (Å²) in [6.07, 6.45) is 4.63. The first-order valence-corrected chi connectivity index (χ1v) is 18.9. The van der Waals surface area contributed by atoms with Crippen molar-refractivity contribution in [2.24, 2.45) is 0 Å². The molecule has 0 spiro atoms. The molecule has 43 heavy (non-hydrogen) atoms. The number of esters is 1. The molecule has 2 aliphatic heterocycles. The monoisotopic (exact) mass is 607 g/mol. The molecule has 2 aliphatic rings. The van der Waals surface area contributed by atoms with Gasteiger partial charge in [-0.2, -0.15) is 0 Å². The molecule has 0 bridgehead atoms. The van der Waals surface area contributed by atoms with Gasteiger partial charge in [-0.1, -0.05) is 45.5 Å². The van der Waals surface area contributed by atoms with Gasteiger partial charge in [-0.15, -0.1) is 0 Å². The van der Waals surface area contributed by atoms with E-state index in [1.54, 1.807) is 23.0 Å². The lowest BCUT2D eigenvalue weighted by atomic mass is 9.86. The van der Waals surface area contributed by atoms with E-state index in [0.29, 0.717) is 36.4 Å². The molecule has 0 saturated carbocycles. The molecule has 0 aliphatic carbocycles. The number of hydrogen-bond acceptors (Lipinski definition) is 8. The Morgan fingerprint density at radius 2 is 1.91 bits per heavy atom. The van der Waals surface area contributed by atoms with Crippen molar-refractivity contribution in [2.45, 2.75) is 96.3 Å². The Kier molecular flexibility index (Phi) is 8.78. The minimum atomic E-state index is -1.86. The van der Waals surface area contributed by atoms with E-state index in [-0.39, 0.29) is 24.5 Å². The van der Waals surface area contributed by atoms with E-state index >= 15 is 0 Å². The van der Waals surface area contributed by atoms with Gasteiger partial charge in [0, 0.05) is 31.0 Å². The molecule has 10 nitrogen and oxygen atoms in total. The van der Waals surface area contributed by atoms with Crippen LogP contribution in [0.4, 0.5) is 0 Å². The minimum Gasteiger partial charge on any atom is -0.494 e. The highest BCUT2D eigenvalue weighted by Gasteiger charge is 2.45. The summed E-state index contributed by atoms with van der Waals surface area (Å²) in [5.74, 6) is -0.333. The SMILES string of the molecule is CC[C@@]1(O)C(=O)OCc2c1cc1n(c2=O)Cc2c-1nc1ccc(OCCCCCCC(=O)NO)cc1c2CC[Si](C)(C)C. The Morgan fingerprint density at radius 3 is 2.63 bits per heavy atom. The average Bonchev–Trinajstić information content (AvgIpc) is 3.34. The van der Waals surface area contributed by atoms with Crippen molar-refractivity contribution in [3.8, 4) is 17.1 Å². The Labute approximate surface area is 252 Å². The third kappa shape index (κ3) is 6.11. The number of unbranched alkanes of at least 4 members (excludes halogenated alkanes) is 3. The summed E-state index contributed by atoms with van der Waals surface area (Å²) in [5.41, 5.74) is 4.49. The van der Waals surface area contributed by atoms with Gasteiger partial charge in [0.05, 0.1) is 35.6 Å². The normalized spacial score (nSPS) is 17.3. The zero-order valence-corrected chi connectivity index (χ0v) is 26.4. The summed E-state index contributed by atoms with van der Waals surface area (Å²) < 4.78 is 13.0. The van der Waals surface area contributed by atoms with Gasteiger partial charge in [0.25, 0.3) is 5.56 Å². The van der Waals surface area contributed by atoms with Crippen LogP contribution in [0.1, 0.15) is 67.7 Å². The predicted octanol–water partition coefficient (Wildman–Crippen LogP) is 4.80. The van der Waals surface area contributed by atoms with Crippen LogP contribution in [0, 0.1) is 0 Å². The van der Waals surface area contributed by atoms with Crippen molar-refractivity contribution < 1.29 is 29.4 Å². The zero-order valence-electron chi connectivity index (χ0n) is 25.4. The average molecular weight is 608 g/mol. The number of amides is 1. The number of rotatable bonds is 12. The van der Waals surface area contributed by atoms with E-state index in [1.807, 2.05) is 18.2 Å². The van der Waals surface area contributed by atoms with Gasteiger partial charge in [0.2, 0.25) is 5.91 Å². The van der Waals surface area contributed by atoms with Crippen LogP contribution < -0.4 is 15.8 Å². The third-order valence-corrected chi connectivity index (χ3v) is 10.3. The summed E-state index contributed by atoms with van der Waals surface area (Å²) in [4.78, 5) is 42.4. The minimum absolute atomic E-state index is 0.102. The predicted molar refractivity (Wildman–Crippen MR) is 165 cm³/mol. The van der Waals surface area contributed by atoms with Crippen LogP contribution >= 0.6 is 0 Å². The molecule has 1 amide bonds. The number of fused-ring (bicyclic) bond motifs is 5. The lowest BCUT2D eigenvalue weighted by Crippen LogP contribution is -2.44. The Bertz CT molecular complexity index is 1630. The van der Waals surface area contributed by atoms with Crippen molar-refractivity contribution in [2.75, 3.05) is 6.61 Å². The fraction of sp³-hybridized carbons (Fsp3) is 0.500. The number of carbonyl (C=O) groups is 2. The van der Waals surface area contributed by atoms with Crippen LogP contribution in [0.2, 0.25) is 25.7 Å². The molecule has 230 valence electrons. The highest BCUT2D eigenvalue weighted by molar-refractivity contribution is 6.76. The highest BCUT2D eigenvalue weighted by atomic mass is 28.3. The molecule has 0 saturated heterocycles. The van der Waals surface area contributed by atoms with Crippen LogP contribution in [-0.4, -0.2) is 46.4 Å². The quantitative estimate of drug-likeness (QED) is 0.0687. The number of nitrogens with zero attached hydrogens (tertiary/aromatic N) is 2. The number of aryl methyl sites for hydroxylation is 1. The molecule has 0 radical (unpaired) electrons. The molecule has 3 aromatic rings. The first-order valence-electron chi connectivity index (χ1n) is 15.1. The lowest BCUT2D eigenvalue weighted by Gasteiger charge is -2.31. The number of hydrogen-bond donors (Lipinski definition) is 3. The molecule has 1 atom stereocenters. The van der Waals surface area contributed by atoms with Crippen molar-refractivity contribution in [3.63, 3.8) is 0 Å². The highest BCUT2D eigenvalue weighted by Crippen LogP contribution is 2.41. The standard InChI is InChI=1S/C32H41N3O7Si/c1-5-32(39)25-17-27-29-23(18-35(27)30(37)24(25)19-42-31(32)38)21(13-15-43(2,3)4)22-16-20(11-12-26(22)33-29)41-14-9-7-6-8-10-28(36)34-40/h11-12,16-17,39-40H,5-10,13-15,18-19H2,1-4H3,(H,34,36)/t32-/m0/s1. The van der Waals surface area contributed by atoms with Gasteiger partial charge >= 0.3 is 5.97 Å². The van der Waals surface area contributed by atoms with Crippen LogP contribution in [0.3, 0.4) is 0 Å². The van der Waals surface area contributed by atoms with E-state index in [4.69, 9.17) is 19.7 Å². The maximum atomic E-state index is 13.7. The van der Waals surface area contributed by atoms with Gasteiger partial charge < -0.3 is 19.1 Å². The van der Waals surface area contributed by atoms with Gasteiger partial charge in [0.15, 0.2) is 5.60 Å². The van der Waals surface area contributed by atoms with E-state index in [0.717, 1.165) is 71.6 Å². The van der Waals surface area contributed by atoms with Crippen LogP contribution in [0.25, 0.3) is 22.3 Å². The number of benzene rings is 1. The molecule has 0 fully saturated rings. The van der Waals surface area contributed by atoms with Gasteiger partial charge in [-0.25, -0.2) is 15.3 Å². The molecule has 5 rings (SSSR count). The van der Waals surface area contributed by atoms with Crippen molar-refractivity contribution in [1.29, 1.82) is 0 Å². The number of aromatic nitrogens is 2. The lowest BCUT2D eigenvalue weighted by molar-refractivity contribution is -0.172. The van der Waals surface area contributed by atoms with E-state index in [9.17, 15) is 19.5 Å². The molecular weight excluding hydrogens is 566 g/mol. The Hall–Kier alpha value is -3.54. The summed E-state index contributed by atoms with van der Waals surface area (Å²) >= 11 is 0. The number of aliphatic hydroxyl groups is 1. The number of carbonyl (C=O) groups excluding carboxylic acids is 2. The zero-order chi connectivity index (χ0) is 30.9. The van der Waals surface area contributed by atoms with E-state index in [2.05, 4.69) is 19.6 Å². The van der Waals surface area contributed by atoms with Crippen LogP contribution in [0.5, 0.6) is 5.75 Å². The molecule has 0 unspecified atom stereocenters. The van der Waals surface area contributed by atoms with Crippen molar-refractivity contribution in [3.05, 3.63) is 56.9 Å². The number of cyclic esters (lactones) is 1. The molecule has 1 aromatic carbocycles. The van der Waals surface area contributed by atoms with Gasteiger partial charge in [0.1, 0.15) is 12.4 Å². The van der Waals surface area contributed by atoms with Crippen LogP contribution in [-0.2, 0) is 39.5 Å². The number of pyridine rings is 2. The molecule has 4 heterocycles. The van der Waals surface area contributed by atoms with Crippen molar-refractivity contribution >= 4 is 30.9 Å². The second-order valence-corrected chi connectivity index (χ2v) is 18.4. The largest absolute Gasteiger partial charge is 0.494 e. The van der Waals surface area contributed by atoms with Gasteiger partial charge in [-0.3, -0.25) is 14.8 Å².